The first kappa shape index (κ1) is 9.49. The average Bonchev–Trinajstić information content (AvgIpc) is 2.14. The zero-order valence-electron chi connectivity index (χ0n) is 6.96. The van der Waals surface area contributed by atoms with E-state index in [1.54, 1.807) is 6.20 Å². The number of halogens is 1. The molecule has 0 saturated heterocycles. The van der Waals surface area contributed by atoms with Gasteiger partial charge in [0.15, 0.2) is 0 Å². The van der Waals surface area contributed by atoms with Gasteiger partial charge in [-0.05, 0) is 24.6 Å². The molecule has 66 valence electrons. The highest BCUT2D eigenvalue weighted by Crippen LogP contribution is 1.94. The third-order valence-corrected chi connectivity index (χ3v) is 1.81. The Balaban J connectivity index is 2.16. The highest BCUT2D eigenvalue weighted by molar-refractivity contribution is 6.17. The normalized spacial score (nSPS) is 10.1. The van der Waals surface area contributed by atoms with Crippen LogP contribution in [0.25, 0.3) is 0 Å². The summed E-state index contributed by atoms with van der Waals surface area (Å²) in [5, 5.41) is 3.28. The highest BCUT2D eigenvalue weighted by Gasteiger charge is 1.89. The lowest BCUT2D eigenvalue weighted by molar-refractivity contribution is 0.676. The Hall–Kier alpha value is -0.600. The minimum atomic E-state index is 0.722. The summed E-state index contributed by atoms with van der Waals surface area (Å²) >= 11 is 5.53. The van der Waals surface area contributed by atoms with Crippen molar-refractivity contribution in [2.75, 3.05) is 12.4 Å². The van der Waals surface area contributed by atoms with E-state index in [1.807, 2.05) is 12.3 Å². The van der Waals surface area contributed by atoms with Crippen molar-refractivity contribution in [3.8, 4) is 0 Å². The van der Waals surface area contributed by atoms with Gasteiger partial charge in [-0.25, -0.2) is 0 Å². The summed E-state index contributed by atoms with van der Waals surface area (Å²) in [5.74, 6) is 0.722. The fourth-order valence-corrected chi connectivity index (χ4v) is 1.06. The van der Waals surface area contributed by atoms with Crippen molar-refractivity contribution in [1.82, 2.24) is 10.3 Å². The molecule has 1 rings (SSSR count). The van der Waals surface area contributed by atoms with Gasteiger partial charge in [-0.3, -0.25) is 4.98 Å². The van der Waals surface area contributed by atoms with Crippen molar-refractivity contribution in [2.24, 2.45) is 0 Å². The number of aromatic nitrogens is 1. The van der Waals surface area contributed by atoms with Crippen LogP contribution in [0.5, 0.6) is 0 Å². The third kappa shape index (κ3) is 3.69. The standard InChI is InChI=1S/C9H13ClN2/c10-4-2-6-12-8-9-3-1-5-11-7-9/h1,3,5,7,12H,2,4,6,8H2. The maximum atomic E-state index is 5.53. The molecule has 0 bridgehead atoms. The summed E-state index contributed by atoms with van der Waals surface area (Å²) < 4.78 is 0. The molecule has 0 unspecified atom stereocenters. The summed E-state index contributed by atoms with van der Waals surface area (Å²) in [5.41, 5.74) is 1.21. The van der Waals surface area contributed by atoms with E-state index >= 15 is 0 Å². The molecule has 0 fully saturated rings. The minimum absolute atomic E-state index is 0.722. The van der Waals surface area contributed by atoms with Gasteiger partial charge in [0.05, 0.1) is 0 Å². The summed E-state index contributed by atoms with van der Waals surface area (Å²) in [6.07, 6.45) is 4.66. The molecule has 0 aromatic carbocycles. The average molecular weight is 185 g/mol. The minimum Gasteiger partial charge on any atom is -0.313 e. The van der Waals surface area contributed by atoms with E-state index in [1.165, 1.54) is 5.56 Å². The van der Waals surface area contributed by atoms with Crippen LogP contribution in [-0.2, 0) is 6.54 Å². The first-order valence-electron chi connectivity index (χ1n) is 4.09. The van der Waals surface area contributed by atoms with Gasteiger partial charge in [-0.1, -0.05) is 6.07 Å². The molecule has 0 aliphatic heterocycles. The summed E-state index contributed by atoms with van der Waals surface area (Å²) in [6.45, 7) is 1.85. The number of nitrogens with zero attached hydrogens (tertiary/aromatic N) is 1. The van der Waals surface area contributed by atoms with Crippen LogP contribution >= 0.6 is 11.6 Å². The lowest BCUT2D eigenvalue weighted by Crippen LogP contribution is -2.14. The monoisotopic (exact) mass is 184 g/mol. The van der Waals surface area contributed by atoms with Crippen molar-refractivity contribution >= 4 is 11.6 Å². The summed E-state index contributed by atoms with van der Waals surface area (Å²) in [6, 6.07) is 4.00. The smallest absolute Gasteiger partial charge is 0.0312 e. The van der Waals surface area contributed by atoms with Crippen LogP contribution in [0.4, 0.5) is 0 Å². The predicted octanol–water partition coefficient (Wildman–Crippen LogP) is 1.80. The molecule has 1 aromatic rings. The molecular formula is C9H13ClN2. The van der Waals surface area contributed by atoms with Crippen molar-refractivity contribution in [1.29, 1.82) is 0 Å². The van der Waals surface area contributed by atoms with E-state index in [0.717, 1.165) is 25.4 Å². The van der Waals surface area contributed by atoms with Crippen molar-refractivity contribution in [3.05, 3.63) is 30.1 Å². The van der Waals surface area contributed by atoms with E-state index in [-0.39, 0.29) is 0 Å². The Bertz CT molecular complexity index is 201. The molecule has 12 heavy (non-hydrogen) atoms. The predicted molar refractivity (Wildman–Crippen MR) is 51.3 cm³/mol. The Morgan fingerprint density at radius 3 is 3.08 bits per heavy atom. The first-order chi connectivity index (χ1) is 5.93. The molecule has 2 nitrogen and oxygen atoms in total. The second-order valence-corrected chi connectivity index (χ2v) is 2.96. The van der Waals surface area contributed by atoms with E-state index in [4.69, 9.17) is 11.6 Å². The number of rotatable bonds is 5. The molecule has 0 spiro atoms. The fourth-order valence-electron chi connectivity index (χ4n) is 0.927. The van der Waals surface area contributed by atoms with Gasteiger partial charge < -0.3 is 5.32 Å². The topological polar surface area (TPSA) is 24.9 Å². The Morgan fingerprint density at radius 1 is 1.50 bits per heavy atom. The molecule has 0 saturated carbocycles. The number of alkyl halides is 1. The molecule has 1 N–H and O–H groups in total. The van der Waals surface area contributed by atoms with E-state index < -0.39 is 0 Å². The second-order valence-electron chi connectivity index (χ2n) is 2.58. The van der Waals surface area contributed by atoms with Crippen LogP contribution in [0.1, 0.15) is 12.0 Å². The third-order valence-electron chi connectivity index (χ3n) is 1.54. The molecule has 1 heterocycles. The molecule has 0 aliphatic carbocycles. The summed E-state index contributed by atoms with van der Waals surface area (Å²) in [4.78, 5) is 4.02. The Kier molecular flexibility index (Phi) is 4.73. The lowest BCUT2D eigenvalue weighted by Gasteiger charge is -2.01. The largest absolute Gasteiger partial charge is 0.313 e. The van der Waals surface area contributed by atoms with Crippen LogP contribution in [0.15, 0.2) is 24.5 Å². The Labute approximate surface area is 78.0 Å². The maximum absolute atomic E-state index is 5.53. The van der Waals surface area contributed by atoms with Crippen LogP contribution in [0.3, 0.4) is 0 Å². The van der Waals surface area contributed by atoms with Gasteiger partial charge >= 0.3 is 0 Å². The van der Waals surface area contributed by atoms with E-state index in [9.17, 15) is 0 Å². The maximum Gasteiger partial charge on any atom is 0.0312 e. The van der Waals surface area contributed by atoms with Crippen molar-refractivity contribution in [2.45, 2.75) is 13.0 Å². The molecule has 0 radical (unpaired) electrons. The number of nitrogens with one attached hydrogen (secondary N) is 1. The van der Waals surface area contributed by atoms with Crippen LogP contribution in [-0.4, -0.2) is 17.4 Å². The molecule has 0 atom stereocenters. The van der Waals surface area contributed by atoms with Gasteiger partial charge in [0.2, 0.25) is 0 Å². The first-order valence-corrected chi connectivity index (χ1v) is 4.62. The zero-order chi connectivity index (χ0) is 8.65. The number of pyridine rings is 1. The van der Waals surface area contributed by atoms with Crippen LogP contribution < -0.4 is 5.32 Å². The number of hydrogen-bond acceptors (Lipinski definition) is 2. The van der Waals surface area contributed by atoms with Gasteiger partial charge in [-0.15, -0.1) is 11.6 Å². The van der Waals surface area contributed by atoms with Crippen LogP contribution in [0, 0.1) is 0 Å². The molecule has 0 aliphatic rings. The van der Waals surface area contributed by atoms with Gasteiger partial charge in [0.1, 0.15) is 0 Å². The molecular weight excluding hydrogens is 172 g/mol. The van der Waals surface area contributed by atoms with Crippen molar-refractivity contribution in [3.63, 3.8) is 0 Å². The van der Waals surface area contributed by atoms with Crippen molar-refractivity contribution < 1.29 is 0 Å². The quantitative estimate of drug-likeness (QED) is 0.558. The summed E-state index contributed by atoms with van der Waals surface area (Å²) in [7, 11) is 0. The number of hydrogen-bond donors (Lipinski definition) is 1. The lowest BCUT2D eigenvalue weighted by atomic mass is 10.3. The van der Waals surface area contributed by atoms with Gasteiger partial charge in [0.25, 0.3) is 0 Å². The van der Waals surface area contributed by atoms with E-state index in [2.05, 4.69) is 16.4 Å². The zero-order valence-corrected chi connectivity index (χ0v) is 7.72. The SMILES string of the molecule is ClCCCNCc1cccnc1. The molecule has 1 aromatic heterocycles. The van der Waals surface area contributed by atoms with Crippen LogP contribution in [0.2, 0.25) is 0 Å². The fraction of sp³-hybridized carbons (Fsp3) is 0.444. The second kappa shape index (κ2) is 5.98. The molecule has 3 heteroatoms. The Morgan fingerprint density at radius 2 is 2.42 bits per heavy atom. The van der Waals surface area contributed by atoms with E-state index in [0.29, 0.717) is 0 Å². The van der Waals surface area contributed by atoms with Gasteiger partial charge in [0, 0.05) is 24.8 Å². The van der Waals surface area contributed by atoms with Gasteiger partial charge in [-0.2, -0.15) is 0 Å². The highest BCUT2D eigenvalue weighted by atomic mass is 35.5. The molecule has 0 amide bonds.